The van der Waals surface area contributed by atoms with Crippen molar-refractivity contribution in [1.29, 1.82) is 0 Å². The normalized spacial score (nSPS) is 10.8. The standard InChI is InChI=1S/C13H27FN2O3.3C2H6/c1-13(2,12(14)10-16-11-17)19-9-5-8-18-7-4-6-15-3;3*1-2/h11-12,15H,4-10H2,1-3H3,(H,16,17);3*1-2H3. The van der Waals surface area contributed by atoms with Crippen LogP contribution in [0.5, 0.6) is 0 Å². The van der Waals surface area contributed by atoms with Crippen LogP contribution in [0.1, 0.15) is 68.2 Å². The molecule has 1 atom stereocenters. The van der Waals surface area contributed by atoms with Crippen molar-refractivity contribution >= 4 is 6.41 Å². The molecule has 156 valence electrons. The number of ether oxygens (including phenoxy) is 2. The molecule has 0 aromatic heterocycles. The lowest BCUT2D eigenvalue weighted by atomic mass is 10.0. The van der Waals surface area contributed by atoms with Crippen molar-refractivity contribution in [3.8, 4) is 0 Å². The van der Waals surface area contributed by atoms with Crippen LogP contribution in [0, 0.1) is 0 Å². The van der Waals surface area contributed by atoms with Gasteiger partial charge in [-0.3, -0.25) is 4.79 Å². The Bertz CT molecular complexity index is 231. The molecule has 0 bridgehead atoms. The fourth-order valence-corrected chi connectivity index (χ4v) is 1.44. The van der Waals surface area contributed by atoms with Crippen molar-refractivity contribution in [3.63, 3.8) is 0 Å². The van der Waals surface area contributed by atoms with Crippen molar-refractivity contribution in [1.82, 2.24) is 10.6 Å². The maximum Gasteiger partial charge on any atom is 0.207 e. The average molecular weight is 369 g/mol. The molecule has 0 spiro atoms. The van der Waals surface area contributed by atoms with E-state index in [0.717, 1.165) is 26.0 Å². The molecule has 0 saturated carbocycles. The molecule has 5 nitrogen and oxygen atoms in total. The molecule has 6 heteroatoms. The molecule has 1 unspecified atom stereocenters. The summed E-state index contributed by atoms with van der Waals surface area (Å²) in [5.41, 5.74) is -0.901. The van der Waals surface area contributed by atoms with Crippen LogP contribution < -0.4 is 10.6 Å². The number of nitrogens with one attached hydrogen (secondary N) is 2. The summed E-state index contributed by atoms with van der Waals surface area (Å²) in [6, 6.07) is 0. The first-order valence-electron chi connectivity index (χ1n) is 9.72. The molecule has 0 aliphatic carbocycles. The van der Waals surface area contributed by atoms with Crippen molar-refractivity contribution in [2.24, 2.45) is 0 Å². The van der Waals surface area contributed by atoms with Gasteiger partial charge >= 0.3 is 0 Å². The first-order valence-corrected chi connectivity index (χ1v) is 9.72. The molecule has 0 heterocycles. The number of hydrogen-bond acceptors (Lipinski definition) is 4. The van der Waals surface area contributed by atoms with Crippen LogP contribution in [0.4, 0.5) is 4.39 Å². The third kappa shape index (κ3) is 25.6. The molecule has 0 aliphatic heterocycles. The van der Waals surface area contributed by atoms with Gasteiger partial charge < -0.3 is 20.1 Å². The number of rotatable bonds is 13. The molecule has 1 amide bonds. The van der Waals surface area contributed by atoms with Gasteiger partial charge in [0.25, 0.3) is 0 Å². The maximum absolute atomic E-state index is 13.7. The number of carbonyl (C=O) groups excluding carboxylic acids is 1. The summed E-state index contributed by atoms with van der Waals surface area (Å²) < 4.78 is 24.6. The summed E-state index contributed by atoms with van der Waals surface area (Å²) in [5, 5.41) is 5.36. The summed E-state index contributed by atoms with van der Waals surface area (Å²) in [4.78, 5) is 10.1. The van der Waals surface area contributed by atoms with E-state index in [-0.39, 0.29) is 6.54 Å². The Morgan fingerprint density at radius 3 is 2.00 bits per heavy atom. The summed E-state index contributed by atoms with van der Waals surface area (Å²) in [7, 11) is 1.91. The highest BCUT2D eigenvalue weighted by Gasteiger charge is 2.29. The molecule has 0 aliphatic rings. The second-order valence-corrected chi connectivity index (χ2v) is 4.87. The molecule has 0 aromatic rings. The topological polar surface area (TPSA) is 59.6 Å². The molecular formula is C19H45FN2O3. The predicted molar refractivity (Wildman–Crippen MR) is 107 cm³/mol. The Morgan fingerprint density at radius 1 is 1.00 bits per heavy atom. The fraction of sp³-hybridized carbons (Fsp3) is 0.947. The molecule has 2 N–H and O–H groups in total. The van der Waals surface area contributed by atoms with Gasteiger partial charge in [-0.2, -0.15) is 0 Å². The number of amides is 1. The quantitative estimate of drug-likeness (QED) is 0.382. The largest absolute Gasteiger partial charge is 0.381 e. The Kier molecular flexibility index (Phi) is 36.0. The molecule has 0 fully saturated rings. The van der Waals surface area contributed by atoms with Crippen molar-refractivity contribution in [2.45, 2.75) is 80.0 Å². The Labute approximate surface area is 156 Å². The van der Waals surface area contributed by atoms with Crippen LogP contribution in [0.3, 0.4) is 0 Å². The number of halogens is 1. The first kappa shape index (κ1) is 32.0. The predicted octanol–water partition coefficient (Wildman–Crippen LogP) is 3.96. The minimum absolute atomic E-state index is 0.0307. The van der Waals surface area contributed by atoms with Crippen molar-refractivity contribution < 1.29 is 18.7 Å². The summed E-state index contributed by atoms with van der Waals surface area (Å²) in [6.07, 6.45) is 0.972. The van der Waals surface area contributed by atoms with Crippen molar-refractivity contribution in [2.75, 3.05) is 40.0 Å². The lowest BCUT2D eigenvalue weighted by Gasteiger charge is -2.28. The van der Waals surface area contributed by atoms with E-state index in [1.54, 1.807) is 13.8 Å². The minimum Gasteiger partial charge on any atom is -0.381 e. The zero-order valence-corrected chi connectivity index (χ0v) is 18.2. The van der Waals surface area contributed by atoms with E-state index in [2.05, 4.69) is 10.6 Å². The zero-order valence-electron chi connectivity index (χ0n) is 18.2. The number of hydrogen-bond donors (Lipinski definition) is 2. The van der Waals surface area contributed by atoms with E-state index in [4.69, 9.17) is 9.47 Å². The molecule has 0 aromatic carbocycles. The Balaban J connectivity index is -0.000000329. The van der Waals surface area contributed by atoms with E-state index in [1.165, 1.54) is 0 Å². The average Bonchev–Trinajstić information content (AvgIpc) is 2.66. The van der Waals surface area contributed by atoms with Gasteiger partial charge in [-0.05, 0) is 40.3 Å². The first-order chi connectivity index (χ1) is 12.0. The lowest BCUT2D eigenvalue weighted by Crippen LogP contribution is -2.42. The summed E-state index contributed by atoms with van der Waals surface area (Å²) in [6.45, 7) is 18.0. The molecular weight excluding hydrogens is 323 g/mol. The molecule has 0 radical (unpaired) electrons. The molecule has 0 rings (SSSR count). The number of alkyl halides is 1. The van der Waals surface area contributed by atoms with Crippen LogP contribution in [0.15, 0.2) is 0 Å². The highest BCUT2D eigenvalue weighted by Crippen LogP contribution is 2.17. The third-order valence-electron chi connectivity index (χ3n) is 2.76. The highest BCUT2D eigenvalue weighted by atomic mass is 19.1. The Morgan fingerprint density at radius 2 is 1.52 bits per heavy atom. The van der Waals surface area contributed by atoms with Gasteiger partial charge in [0.1, 0.15) is 6.17 Å². The van der Waals surface area contributed by atoms with Crippen molar-refractivity contribution in [3.05, 3.63) is 0 Å². The van der Waals surface area contributed by atoms with Gasteiger partial charge in [-0.1, -0.05) is 41.5 Å². The van der Waals surface area contributed by atoms with E-state index < -0.39 is 11.8 Å². The maximum atomic E-state index is 13.7. The van der Waals surface area contributed by atoms with E-state index in [0.29, 0.717) is 19.6 Å². The minimum atomic E-state index is -1.23. The van der Waals surface area contributed by atoms with Gasteiger partial charge in [0, 0.05) is 19.8 Å². The SMILES string of the molecule is CC.CC.CC.CNCCCOCCCOC(C)(C)C(F)CNC=O. The van der Waals surface area contributed by atoms with Gasteiger partial charge in [0.2, 0.25) is 6.41 Å². The van der Waals surface area contributed by atoms with E-state index >= 15 is 0 Å². The third-order valence-corrected chi connectivity index (χ3v) is 2.76. The lowest BCUT2D eigenvalue weighted by molar-refractivity contribution is -0.111. The van der Waals surface area contributed by atoms with Gasteiger partial charge in [0.05, 0.1) is 12.1 Å². The smallest absolute Gasteiger partial charge is 0.207 e. The fourth-order valence-electron chi connectivity index (χ4n) is 1.44. The van der Waals surface area contributed by atoms with Gasteiger partial charge in [-0.15, -0.1) is 0 Å². The summed E-state index contributed by atoms with van der Waals surface area (Å²) >= 11 is 0. The van der Waals surface area contributed by atoms with Crippen LogP contribution in [0.2, 0.25) is 0 Å². The van der Waals surface area contributed by atoms with Gasteiger partial charge in [0.15, 0.2) is 0 Å². The Hall–Kier alpha value is -0.720. The van der Waals surface area contributed by atoms with E-state index in [1.807, 2.05) is 48.6 Å². The summed E-state index contributed by atoms with van der Waals surface area (Å²) in [5.74, 6) is 0. The molecule has 0 saturated heterocycles. The van der Waals surface area contributed by atoms with Crippen LogP contribution in [0.25, 0.3) is 0 Å². The highest BCUT2D eigenvalue weighted by molar-refractivity contribution is 5.45. The second kappa shape index (κ2) is 28.1. The van der Waals surface area contributed by atoms with Gasteiger partial charge in [-0.25, -0.2) is 4.39 Å². The molecule has 25 heavy (non-hydrogen) atoms. The van der Waals surface area contributed by atoms with Crippen LogP contribution in [-0.4, -0.2) is 58.1 Å². The van der Waals surface area contributed by atoms with E-state index in [9.17, 15) is 9.18 Å². The number of carbonyl (C=O) groups is 1. The zero-order chi connectivity index (χ0) is 20.6. The monoisotopic (exact) mass is 368 g/mol. The van der Waals surface area contributed by atoms with Crippen LogP contribution in [-0.2, 0) is 14.3 Å². The second-order valence-electron chi connectivity index (χ2n) is 4.87. The van der Waals surface area contributed by atoms with Crippen LogP contribution >= 0.6 is 0 Å².